The molecule has 0 fully saturated rings. The molecule has 0 unspecified atom stereocenters. The summed E-state index contributed by atoms with van der Waals surface area (Å²) >= 11 is 0. The SMILES string of the molecule is Cc1cccc(C(=O)NCCNC(=O)c2ccccc2)n1. The second-order valence-corrected chi connectivity index (χ2v) is 4.54. The van der Waals surface area contributed by atoms with Crippen molar-refractivity contribution in [2.75, 3.05) is 13.1 Å². The maximum atomic E-state index is 11.8. The van der Waals surface area contributed by atoms with Gasteiger partial charge in [0.2, 0.25) is 0 Å². The number of rotatable bonds is 5. The van der Waals surface area contributed by atoms with Gasteiger partial charge in [0.15, 0.2) is 0 Å². The average molecular weight is 283 g/mol. The zero-order valence-electron chi connectivity index (χ0n) is 11.8. The fourth-order valence-electron chi connectivity index (χ4n) is 1.80. The van der Waals surface area contributed by atoms with Gasteiger partial charge in [-0.1, -0.05) is 24.3 Å². The summed E-state index contributed by atoms with van der Waals surface area (Å²) in [6.45, 7) is 2.55. The third-order valence-corrected chi connectivity index (χ3v) is 2.85. The number of carbonyl (C=O) groups is 2. The molecule has 2 rings (SSSR count). The van der Waals surface area contributed by atoms with Gasteiger partial charge in [-0.3, -0.25) is 9.59 Å². The van der Waals surface area contributed by atoms with Gasteiger partial charge in [-0.2, -0.15) is 0 Å². The van der Waals surface area contributed by atoms with Crippen molar-refractivity contribution in [2.45, 2.75) is 6.92 Å². The molecule has 2 amide bonds. The second-order valence-electron chi connectivity index (χ2n) is 4.54. The van der Waals surface area contributed by atoms with E-state index in [2.05, 4.69) is 15.6 Å². The van der Waals surface area contributed by atoms with Crippen LogP contribution in [0.4, 0.5) is 0 Å². The second kappa shape index (κ2) is 7.19. The Kier molecular flexibility index (Phi) is 5.04. The summed E-state index contributed by atoms with van der Waals surface area (Å²) in [6.07, 6.45) is 0. The molecule has 2 aromatic rings. The van der Waals surface area contributed by atoms with E-state index in [0.717, 1.165) is 5.69 Å². The van der Waals surface area contributed by atoms with Crippen LogP contribution in [0.2, 0.25) is 0 Å². The molecule has 0 saturated heterocycles. The van der Waals surface area contributed by atoms with E-state index in [-0.39, 0.29) is 11.8 Å². The van der Waals surface area contributed by atoms with E-state index in [9.17, 15) is 9.59 Å². The minimum atomic E-state index is -0.243. The van der Waals surface area contributed by atoms with Crippen LogP contribution in [-0.4, -0.2) is 29.9 Å². The maximum absolute atomic E-state index is 11.8. The molecule has 1 aromatic heterocycles. The Labute approximate surface area is 123 Å². The topological polar surface area (TPSA) is 71.1 Å². The van der Waals surface area contributed by atoms with Crippen LogP contribution in [0.25, 0.3) is 0 Å². The molecule has 0 saturated carbocycles. The van der Waals surface area contributed by atoms with Crippen molar-refractivity contribution in [3.63, 3.8) is 0 Å². The molecule has 1 aromatic carbocycles. The van der Waals surface area contributed by atoms with Gasteiger partial charge in [-0.25, -0.2) is 4.98 Å². The van der Waals surface area contributed by atoms with Crippen molar-refractivity contribution in [3.05, 3.63) is 65.5 Å². The number of pyridine rings is 1. The van der Waals surface area contributed by atoms with Crippen molar-refractivity contribution >= 4 is 11.8 Å². The predicted molar refractivity (Wildman–Crippen MR) is 80.1 cm³/mol. The molecule has 2 N–H and O–H groups in total. The van der Waals surface area contributed by atoms with Crippen molar-refractivity contribution in [1.29, 1.82) is 0 Å². The van der Waals surface area contributed by atoms with E-state index in [1.165, 1.54) is 0 Å². The van der Waals surface area contributed by atoms with Crippen molar-refractivity contribution < 1.29 is 9.59 Å². The largest absolute Gasteiger partial charge is 0.350 e. The minimum absolute atomic E-state index is 0.154. The number of hydrogen-bond donors (Lipinski definition) is 2. The van der Waals surface area contributed by atoms with Crippen LogP contribution in [0, 0.1) is 6.92 Å². The summed E-state index contributed by atoms with van der Waals surface area (Å²) < 4.78 is 0. The molecule has 0 spiro atoms. The number of hydrogen-bond acceptors (Lipinski definition) is 3. The Bertz CT molecular complexity index is 626. The first-order valence-electron chi connectivity index (χ1n) is 6.72. The zero-order chi connectivity index (χ0) is 15.1. The lowest BCUT2D eigenvalue weighted by atomic mass is 10.2. The average Bonchev–Trinajstić information content (AvgIpc) is 2.52. The molecule has 108 valence electrons. The predicted octanol–water partition coefficient (Wildman–Crippen LogP) is 1.55. The number of aryl methyl sites for hydroxylation is 1. The molecule has 21 heavy (non-hydrogen) atoms. The first kappa shape index (κ1) is 14.7. The quantitative estimate of drug-likeness (QED) is 0.818. The normalized spacial score (nSPS) is 9.95. The van der Waals surface area contributed by atoms with E-state index >= 15 is 0 Å². The van der Waals surface area contributed by atoms with E-state index < -0.39 is 0 Å². The fourth-order valence-corrected chi connectivity index (χ4v) is 1.80. The van der Waals surface area contributed by atoms with Gasteiger partial charge in [0, 0.05) is 24.3 Å². The first-order chi connectivity index (χ1) is 10.2. The molecule has 0 radical (unpaired) electrons. The number of nitrogens with zero attached hydrogens (tertiary/aromatic N) is 1. The van der Waals surface area contributed by atoms with Gasteiger partial charge in [0.05, 0.1) is 0 Å². The summed E-state index contributed by atoms with van der Waals surface area (Å²) in [5.41, 5.74) is 1.77. The number of aromatic nitrogens is 1. The fraction of sp³-hybridized carbons (Fsp3) is 0.188. The number of benzene rings is 1. The minimum Gasteiger partial charge on any atom is -0.350 e. The van der Waals surface area contributed by atoms with Crippen LogP contribution in [0.15, 0.2) is 48.5 Å². The van der Waals surface area contributed by atoms with Gasteiger partial charge >= 0.3 is 0 Å². The Balaban J connectivity index is 1.75. The molecular formula is C16H17N3O2. The van der Waals surface area contributed by atoms with E-state index in [1.54, 1.807) is 36.4 Å². The third-order valence-electron chi connectivity index (χ3n) is 2.85. The molecule has 0 aliphatic heterocycles. The van der Waals surface area contributed by atoms with Crippen LogP contribution in [0.3, 0.4) is 0 Å². The lowest BCUT2D eigenvalue weighted by Crippen LogP contribution is -2.35. The molecule has 0 aliphatic carbocycles. The summed E-state index contributed by atoms with van der Waals surface area (Å²) in [5, 5.41) is 5.46. The Morgan fingerprint density at radius 2 is 1.57 bits per heavy atom. The lowest BCUT2D eigenvalue weighted by molar-refractivity contribution is 0.0925. The van der Waals surface area contributed by atoms with Crippen molar-refractivity contribution in [2.24, 2.45) is 0 Å². The van der Waals surface area contributed by atoms with Gasteiger partial charge in [0.25, 0.3) is 11.8 Å². The van der Waals surface area contributed by atoms with E-state index in [4.69, 9.17) is 0 Å². The Morgan fingerprint density at radius 3 is 2.24 bits per heavy atom. The van der Waals surface area contributed by atoms with Crippen LogP contribution < -0.4 is 10.6 Å². The van der Waals surface area contributed by atoms with Crippen LogP contribution in [0.5, 0.6) is 0 Å². The first-order valence-corrected chi connectivity index (χ1v) is 6.72. The van der Waals surface area contributed by atoms with E-state index in [0.29, 0.717) is 24.3 Å². The van der Waals surface area contributed by atoms with E-state index in [1.807, 2.05) is 19.1 Å². The zero-order valence-corrected chi connectivity index (χ0v) is 11.8. The smallest absolute Gasteiger partial charge is 0.269 e. The highest BCUT2D eigenvalue weighted by molar-refractivity contribution is 5.94. The molecule has 0 atom stereocenters. The van der Waals surface area contributed by atoms with Gasteiger partial charge in [0.1, 0.15) is 5.69 Å². The molecular weight excluding hydrogens is 266 g/mol. The van der Waals surface area contributed by atoms with Crippen LogP contribution >= 0.6 is 0 Å². The highest BCUT2D eigenvalue weighted by atomic mass is 16.2. The van der Waals surface area contributed by atoms with Crippen LogP contribution in [-0.2, 0) is 0 Å². The maximum Gasteiger partial charge on any atom is 0.269 e. The summed E-state index contributed by atoms with van der Waals surface area (Å²) in [5.74, 6) is -0.397. The van der Waals surface area contributed by atoms with Gasteiger partial charge in [-0.05, 0) is 31.2 Å². The standard InChI is InChI=1S/C16H17N3O2/c1-12-6-5-9-14(19-12)16(21)18-11-10-17-15(20)13-7-3-2-4-8-13/h2-9H,10-11H2,1H3,(H,17,20)(H,18,21). The molecule has 5 heteroatoms. The lowest BCUT2D eigenvalue weighted by Gasteiger charge is -2.07. The highest BCUT2D eigenvalue weighted by Crippen LogP contribution is 1.98. The van der Waals surface area contributed by atoms with Crippen LogP contribution in [0.1, 0.15) is 26.5 Å². The molecule has 0 bridgehead atoms. The highest BCUT2D eigenvalue weighted by Gasteiger charge is 2.07. The number of amides is 2. The van der Waals surface area contributed by atoms with Crippen molar-refractivity contribution in [3.8, 4) is 0 Å². The Morgan fingerprint density at radius 1 is 0.905 bits per heavy atom. The monoisotopic (exact) mass is 283 g/mol. The third kappa shape index (κ3) is 4.42. The Hall–Kier alpha value is -2.69. The molecule has 1 heterocycles. The van der Waals surface area contributed by atoms with Gasteiger partial charge < -0.3 is 10.6 Å². The number of nitrogens with one attached hydrogen (secondary N) is 2. The summed E-state index contributed by atoms with van der Waals surface area (Å²) in [6, 6.07) is 14.2. The van der Waals surface area contributed by atoms with Gasteiger partial charge in [-0.15, -0.1) is 0 Å². The molecule has 5 nitrogen and oxygen atoms in total. The summed E-state index contributed by atoms with van der Waals surface area (Å²) in [4.78, 5) is 27.7. The van der Waals surface area contributed by atoms with Crippen molar-refractivity contribution in [1.82, 2.24) is 15.6 Å². The molecule has 0 aliphatic rings. The summed E-state index contributed by atoms with van der Waals surface area (Å²) in [7, 11) is 0. The number of carbonyl (C=O) groups excluding carboxylic acids is 2.